The number of fused-ring (bicyclic) bond motifs is 1. The summed E-state index contributed by atoms with van der Waals surface area (Å²) < 4.78 is 6.39. The number of anilines is 1. The fourth-order valence-corrected chi connectivity index (χ4v) is 10.4. The van der Waals surface area contributed by atoms with E-state index in [-0.39, 0.29) is 18.1 Å². The molecule has 0 aliphatic carbocycles. The van der Waals surface area contributed by atoms with Crippen LogP contribution in [0.4, 0.5) is 5.82 Å². The summed E-state index contributed by atoms with van der Waals surface area (Å²) in [5.74, 6) is 1.19. The Hall–Kier alpha value is -5.66. The van der Waals surface area contributed by atoms with Gasteiger partial charge in [-0.3, -0.25) is 19.2 Å². The number of aromatic nitrogens is 7. The van der Waals surface area contributed by atoms with E-state index in [1.54, 1.807) is 0 Å². The Kier molecular flexibility index (Phi) is 12.0. The molecule has 5 aromatic heterocycles. The number of aryl methyl sites for hydroxylation is 1. The highest BCUT2D eigenvalue weighted by atomic mass is 15.3. The van der Waals surface area contributed by atoms with Crippen molar-refractivity contribution in [3.63, 3.8) is 0 Å². The van der Waals surface area contributed by atoms with Gasteiger partial charge in [0.1, 0.15) is 11.5 Å². The normalized spacial score (nSPS) is 20.6. The van der Waals surface area contributed by atoms with Crippen molar-refractivity contribution < 1.29 is 0 Å². The van der Waals surface area contributed by atoms with Gasteiger partial charge in [-0.2, -0.15) is 10.2 Å². The molecule has 3 unspecified atom stereocenters. The Balaban J connectivity index is 0.972. The summed E-state index contributed by atoms with van der Waals surface area (Å²) in [7, 11) is 2.26. The smallest absolute Gasteiger partial charge is 0.138 e. The highest BCUT2D eigenvalue weighted by Crippen LogP contribution is 2.38. The SMILES string of the molecule is CN1CCN(c2cccc3nc(C4CCCCN4Cc4ccccc4-n4cccn4)cn23)C(c2ccc(-n3cccn3)c(CN3CCCCC3c3ncccc3CCCN)c2)C1. The van der Waals surface area contributed by atoms with Crippen molar-refractivity contribution in [1.82, 2.24) is 48.6 Å². The van der Waals surface area contributed by atoms with Gasteiger partial charge >= 0.3 is 0 Å². The molecular weight excluding hydrogens is 769 g/mol. The van der Waals surface area contributed by atoms with Crippen LogP contribution in [0.3, 0.4) is 0 Å². The number of likely N-dealkylation sites (N-methyl/N-ethyl adjacent to an activating group) is 1. The van der Waals surface area contributed by atoms with Crippen LogP contribution in [-0.4, -0.2) is 94.9 Å². The molecule has 0 radical (unpaired) electrons. The lowest BCUT2D eigenvalue weighted by Gasteiger charge is -2.42. The number of benzene rings is 2. The monoisotopic (exact) mass is 829 g/mol. The molecule has 3 aliphatic heterocycles. The van der Waals surface area contributed by atoms with Crippen LogP contribution in [0.15, 0.2) is 122 Å². The van der Waals surface area contributed by atoms with E-state index in [4.69, 9.17) is 20.8 Å². The van der Waals surface area contributed by atoms with E-state index in [1.807, 2.05) is 46.3 Å². The quantitative estimate of drug-likeness (QED) is 0.124. The first-order valence-electron chi connectivity index (χ1n) is 22.9. The van der Waals surface area contributed by atoms with Crippen LogP contribution in [0, 0.1) is 0 Å². The number of hydrogen-bond donors (Lipinski definition) is 1. The second-order valence-electron chi connectivity index (χ2n) is 17.6. The summed E-state index contributed by atoms with van der Waals surface area (Å²) in [4.78, 5) is 20.8. The third kappa shape index (κ3) is 8.32. The van der Waals surface area contributed by atoms with Crippen molar-refractivity contribution in [1.29, 1.82) is 0 Å². The predicted molar refractivity (Wildman–Crippen MR) is 246 cm³/mol. The number of para-hydroxylation sites is 1. The first-order chi connectivity index (χ1) is 30.6. The fourth-order valence-electron chi connectivity index (χ4n) is 10.4. The highest BCUT2D eigenvalue weighted by molar-refractivity contribution is 5.56. The molecule has 62 heavy (non-hydrogen) atoms. The van der Waals surface area contributed by atoms with E-state index in [1.165, 1.54) is 59.4 Å². The minimum atomic E-state index is 0.149. The fraction of sp³-hybridized carbons (Fsp3) is 0.400. The van der Waals surface area contributed by atoms with Crippen molar-refractivity contribution in [2.45, 2.75) is 82.6 Å². The Bertz CT molecular complexity index is 2540. The van der Waals surface area contributed by atoms with Gasteiger partial charge in [0.25, 0.3) is 0 Å². The number of rotatable bonds is 13. The number of hydrogen-bond acceptors (Lipinski definition) is 9. The van der Waals surface area contributed by atoms with E-state index in [0.717, 1.165) is 94.2 Å². The van der Waals surface area contributed by atoms with Crippen LogP contribution in [0.5, 0.6) is 0 Å². The Morgan fingerprint density at radius 1 is 0.661 bits per heavy atom. The zero-order valence-electron chi connectivity index (χ0n) is 36.1. The molecule has 0 spiro atoms. The largest absolute Gasteiger partial charge is 0.348 e. The number of imidazole rings is 1. The summed E-state index contributed by atoms with van der Waals surface area (Å²) in [6.07, 6.45) is 21.1. The number of nitrogens with two attached hydrogens (primary N) is 1. The first-order valence-corrected chi connectivity index (χ1v) is 22.9. The van der Waals surface area contributed by atoms with E-state index in [9.17, 15) is 0 Å². The van der Waals surface area contributed by atoms with E-state index in [0.29, 0.717) is 6.54 Å². The molecule has 0 saturated carbocycles. The van der Waals surface area contributed by atoms with Gasteiger partial charge in [-0.05, 0) is 130 Å². The Morgan fingerprint density at radius 2 is 1.40 bits per heavy atom. The summed E-state index contributed by atoms with van der Waals surface area (Å²) in [5, 5.41) is 9.31. The number of piperazine rings is 1. The minimum Gasteiger partial charge on any atom is -0.348 e. The topological polar surface area (TPSA) is 105 Å². The maximum Gasteiger partial charge on any atom is 0.138 e. The number of likely N-dealkylation sites (tertiary alicyclic amines) is 2. The van der Waals surface area contributed by atoms with Crippen molar-refractivity contribution in [3.05, 3.63) is 156 Å². The lowest BCUT2D eigenvalue weighted by molar-refractivity contribution is 0.136. The summed E-state index contributed by atoms with van der Waals surface area (Å²) in [6.45, 7) is 7.30. The number of piperidine rings is 2. The molecule has 3 fully saturated rings. The van der Waals surface area contributed by atoms with Crippen LogP contribution in [0.25, 0.3) is 17.0 Å². The molecule has 0 amide bonds. The molecule has 8 heterocycles. The molecule has 2 N–H and O–H groups in total. The predicted octanol–water partition coefficient (Wildman–Crippen LogP) is 7.94. The molecule has 3 aliphatic rings. The lowest BCUT2D eigenvalue weighted by atomic mass is 9.93. The number of nitrogens with zero attached hydrogens (tertiary/aromatic N) is 11. The van der Waals surface area contributed by atoms with Crippen LogP contribution >= 0.6 is 0 Å². The lowest BCUT2D eigenvalue weighted by Crippen LogP contribution is -2.47. The molecule has 320 valence electrons. The van der Waals surface area contributed by atoms with Crippen molar-refractivity contribution >= 4 is 11.5 Å². The molecule has 12 heteroatoms. The first kappa shape index (κ1) is 40.4. The van der Waals surface area contributed by atoms with E-state index < -0.39 is 0 Å². The molecular formula is C50H60N12. The van der Waals surface area contributed by atoms with Gasteiger partial charge in [-0.15, -0.1) is 0 Å². The third-order valence-corrected chi connectivity index (χ3v) is 13.6. The molecule has 3 atom stereocenters. The van der Waals surface area contributed by atoms with Gasteiger partial charge in [0.05, 0.1) is 40.9 Å². The Morgan fingerprint density at radius 3 is 2.19 bits per heavy atom. The van der Waals surface area contributed by atoms with Gasteiger partial charge in [-0.25, -0.2) is 14.3 Å². The zero-order valence-corrected chi connectivity index (χ0v) is 36.1. The van der Waals surface area contributed by atoms with E-state index >= 15 is 0 Å². The molecule has 3 saturated heterocycles. The van der Waals surface area contributed by atoms with Gasteiger partial charge in [0.2, 0.25) is 0 Å². The molecule has 0 bridgehead atoms. The summed E-state index contributed by atoms with van der Waals surface area (Å²) in [5.41, 5.74) is 16.9. The standard InChI is InChI=1S/C50H60N12/c1-56-31-32-59(49-20-8-19-48-55-42(36-60(48)49)45-17-4-6-27-57(45)34-40-13-2-3-16-43(40)61-29-11-25-53-61)47(37-56)39-21-22-44(62-30-12-26-54-62)41(33-39)35-58-28-7-5-18-46(58)50-38(14-9-23-51)15-10-24-52-50/h2-3,8,10-13,15-16,19-22,24-26,29-30,33,36,45-47H,4-7,9,14,17-18,23,27-28,31-32,34-35,37,51H2,1H3. The minimum absolute atomic E-state index is 0.149. The highest BCUT2D eigenvalue weighted by Gasteiger charge is 2.33. The molecule has 2 aromatic carbocycles. The van der Waals surface area contributed by atoms with Gasteiger partial charge in [-0.1, -0.05) is 55.3 Å². The Labute approximate surface area is 365 Å². The summed E-state index contributed by atoms with van der Waals surface area (Å²) >= 11 is 0. The molecule has 10 rings (SSSR count). The zero-order chi connectivity index (χ0) is 41.8. The van der Waals surface area contributed by atoms with Gasteiger partial charge in [0.15, 0.2) is 0 Å². The van der Waals surface area contributed by atoms with Crippen LogP contribution in [0.2, 0.25) is 0 Å². The maximum absolute atomic E-state index is 5.98. The van der Waals surface area contributed by atoms with Crippen molar-refractivity contribution in [3.8, 4) is 11.4 Å². The molecule has 7 aromatic rings. The summed E-state index contributed by atoms with van der Waals surface area (Å²) in [6, 6.07) is 31.5. The van der Waals surface area contributed by atoms with E-state index in [2.05, 4.69) is 121 Å². The van der Waals surface area contributed by atoms with Gasteiger partial charge in [0, 0.05) is 69.9 Å². The van der Waals surface area contributed by atoms with Crippen molar-refractivity contribution in [2.24, 2.45) is 5.73 Å². The van der Waals surface area contributed by atoms with Crippen LogP contribution < -0.4 is 10.6 Å². The number of pyridine rings is 2. The van der Waals surface area contributed by atoms with Gasteiger partial charge < -0.3 is 15.5 Å². The average molecular weight is 829 g/mol. The second kappa shape index (κ2) is 18.4. The second-order valence-corrected chi connectivity index (χ2v) is 17.6. The van der Waals surface area contributed by atoms with Crippen molar-refractivity contribution in [2.75, 3.05) is 51.2 Å². The molecule has 12 nitrogen and oxygen atoms in total. The van der Waals surface area contributed by atoms with Crippen LogP contribution in [0.1, 0.15) is 96.7 Å². The maximum atomic E-state index is 5.98. The van der Waals surface area contributed by atoms with Crippen LogP contribution in [-0.2, 0) is 19.5 Å². The average Bonchev–Trinajstić information content (AvgIpc) is 4.13. The third-order valence-electron chi connectivity index (χ3n) is 13.6.